The summed E-state index contributed by atoms with van der Waals surface area (Å²) in [6.45, 7) is 3.41. The number of rotatable bonds is 5. The predicted molar refractivity (Wildman–Crippen MR) is 96.3 cm³/mol. The van der Waals surface area contributed by atoms with Gasteiger partial charge in [-0.2, -0.15) is 0 Å². The van der Waals surface area contributed by atoms with Gasteiger partial charge in [0, 0.05) is 19.6 Å². The summed E-state index contributed by atoms with van der Waals surface area (Å²) in [5.74, 6) is 1.69. The van der Waals surface area contributed by atoms with E-state index in [2.05, 4.69) is 4.90 Å². The van der Waals surface area contributed by atoms with Crippen molar-refractivity contribution in [2.24, 2.45) is 5.92 Å². The molecular weight excluding hydrogens is 300 g/mol. The molecular formula is C20H30N2O2. The lowest BCUT2D eigenvalue weighted by molar-refractivity contribution is -0.130. The molecule has 4 heteroatoms. The van der Waals surface area contributed by atoms with E-state index in [1.165, 1.54) is 45.2 Å². The second-order valence-corrected chi connectivity index (χ2v) is 7.30. The number of likely N-dealkylation sites (N-methyl/N-ethyl adjacent to an activating group) is 1. The zero-order valence-corrected chi connectivity index (χ0v) is 15.0. The van der Waals surface area contributed by atoms with Gasteiger partial charge in [0.1, 0.15) is 5.75 Å². The zero-order valence-electron chi connectivity index (χ0n) is 15.0. The molecule has 2 aliphatic heterocycles. The molecule has 1 amide bonds. The fourth-order valence-electron chi connectivity index (χ4n) is 4.30. The number of nitrogens with zero attached hydrogens (tertiary/aromatic N) is 2. The smallest absolute Gasteiger partial charge is 0.226 e. The maximum Gasteiger partial charge on any atom is 0.226 e. The Morgan fingerprint density at radius 3 is 2.67 bits per heavy atom. The van der Waals surface area contributed by atoms with Crippen LogP contribution in [0.15, 0.2) is 24.3 Å². The van der Waals surface area contributed by atoms with Crippen molar-refractivity contribution in [3.05, 3.63) is 29.8 Å². The van der Waals surface area contributed by atoms with Gasteiger partial charge in [-0.05, 0) is 62.4 Å². The minimum Gasteiger partial charge on any atom is -0.497 e. The number of piperidine rings is 2. The number of hydrogen-bond donors (Lipinski definition) is 0. The Hall–Kier alpha value is -1.55. The maximum absolute atomic E-state index is 12.6. The molecule has 2 atom stereocenters. The van der Waals surface area contributed by atoms with Crippen molar-refractivity contribution in [1.82, 2.24) is 9.80 Å². The number of hydrogen-bond acceptors (Lipinski definition) is 3. The zero-order chi connectivity index (χ0) is 16.9. The van der Waals surface area contributed by atoms with Crippen LogP contribution in [0.5, 0.6) is 5.75 Å². The summed E-state index contributed by atoms with van der Waals surface area (Å²) in [6, 6.07) is 8.50. The van der Waals surface area contributed by atoms with Crippen LogP contribution >= 0.6 is 0 Å². The molecule has 24 heavy (non-hydrogen) atoms. The third-order valence-electron chi connectivity index (χ3n) is 5.68. The minimum atomic E-state index is 0.216. The van der Waals surface area contributed by atoms with Crippen LogP contribution in [-0.2, 0) is 11.2 Å². The topological polar surface area (TPSA) is 32.8 Å². The first-order valence-electron chi connectivity index (χ1n) is 9.28. The fourth-order valence-corrected chi connectivity index (χ4v) is 4.30. The molecule has 0 saturated carbocycles. The van der Waals surface area contributed by atoms with Crippen molar-refractivity contribution in [1.29, 1.82) is 0 Å². The van der Waals surface area contributed by atoms with Gasteiger partial charge >= 0.3 is 0 Å². The molecule has 4 nitrogen and oxygen atoms in total. The molecule has 1 aromatic rings. The van der Waals surface area contributed by atoms with Crippen LogP contribution < -0.4 is 4.74 Å². The van der Waals surface area contributed by atoms with Crippen LogP contribution in [0.4, 0.5) is 0 Å². The first kappa shape index (κ1) is 17.3. The molecule has 0 bridgehead atoms. The Morgan fingerprint density at radius 2 is 1.92 bits per heavy atom. The monoisotopic (exact) mass is 330 g/mol. The van der Waals surface area contributed by atoms with E-state index in [1.54, 1.807) is 7.11 Å². The SMILES string of the molecule is COc1ccc(CC(=O)N(C)C[C@H]2CCCN3CCCC[C@@H]23)cc1. The summed E-state index contributed by atoms with van der Waals surface area (Å²) >= 11 is 0. The van der Waals surface area contributed by atoms with E-state index in [0.717, 1.165) is 17.9 Å². The molecule has 0 spiro atoms. The average Bonchev–Trinajstić information content (AvgIpc) is 2.62. The molecule has 0 radical (unpaired) electrons. The lowest BCUT2D eigenvalue weighted by Gasteiger charge is -2.45. The highest BCUT2D eigenvalue weighted by Crippen LogP contribution is 2.31. The Bertz CT molecular complexity index is 541. The first-order chi connectivity index (χ1) is 11.7. The van der Waals surface area contributed by atoms with Gasteiger partial charge in [0.15, 0.2) is 0 Å². The third kappa shape index (κ3) is 4.10. The first-order valence-corrected chi connectivity index (χ1v) is 9.28. The highest BCUT2D eigenvalue weighted by Gasteiger charge is 2.33. The van der Waals surface area contributed by atoms with E-state index < -0.39 is 0 Å². The number of amides is 1. The molecule has 2 aliphatic rings. The van der Waals surface area contributed by atoms with Gasteiger partial charge in [-0.15, -0.1) is 0 Å². The van der Waals surface area contributed by atoms with Crippen molar-refractivity contribution in [3.63, 3.8) is 0 Å². The van der Waals surface area contributed by atoms with Crippen LogP contribution in [0.1, 0.15) is 37.7 Å². The second-order valence-electron chi connectivity index (χ2n) is 7.30. The molecule has 0 aromatic heterocycles. The number of carbonyl (C=O) groups excluding carboxylic acids is 1. The summed E-state index contributed by atoms with van der Waals surface area (Å²) in [7, 11) is 3.63. The maximum atomic E-state index is 12.6. The van der Waals surface area contributed by atoms with Crippen LogP contribution in [0.2, 0.25) is 0 Å². The molecule has 2 fully saturated rings. The van der Waals surface area contributed by atoms with E-state index in [0.29, 0.717) is 18.4 Å². The quantitative estimate of drug-likeness (QED) is 0.832. The molecule has 1 aromatic carbocycles. The van der Waals surface area contributed by atoms with Gasteiger partial charge < -0.3 is 14.5 Å². The van der Waals surface area contributed by atoms with Crippen molar-refractivity contribution in [3.8, 4) is 5.75 Å². The minimum absolute atomic E-state index is 0.216. The van der Waals surface area contributed by atoms with Gasteiger partial charge in [0.2, 0.25) is 5.91 Å². The highest BCUT2D eigenvalue weighted by atomic mass is 16.5. The third-order valence-corrected chi connectivity index (χ3v) is 5.68. The Balaban J connectivity index is 1.54. The summed E-state index contributed by atoms with van der Waals surface area (Å²) < 4.78 is 5.17. The van der Waals surface area contributed by atoms with Gasteiger partial charge in [0.25, 0.3) is 0 Å². The van der Waals surface area contributed by atoms with E-state index in [1.807, 2.05) is 36.2 Å². The van der Waals surface area contributed by atoms with E-state index in [-0.39, 0.29) is 5.91 Å². The van der Waals surface area contributed by atoms with Crippen molar-refractivity contribution >= 4 is 5.91 Å². The van der Waals surface area contributed by atoms with Gasteiger partial charge in [-0.25, -0.2) is 0 Å². The molecule has 2 heterocycles. The molecule has 3 rings (SSSR count). The van der Waals surface area contributed by atoms with Crippen LogP contribution in [0, 0.1) is 5.92 Å². The largest absolute Gasteiger partial charge is 0.497 e. The molecule has 132 valence electrons. The standard InChI is InChI=1S/C20H30N2O2/c1-21(20(23)14-16-8-10-18(24-2)11-9-16)15-17-6-5-13-22-12-4-3-7-19(17)22/h8-11,17,19H,3-7,12-15H2,1-2H3/t17-,19+/m1/s1. The number of benzene rings is 1. The van der Waals surface area contributed by atoms with E-state index in [4.69, 9.17) is 4.74 Å². The number of ether oxygens (including phenoxy) is 1. The molecule has 2 saturated heterocycles. The Kier molecular flexibility index (Phi) is 5.77. The summed E-state index contributed by atoms with van der Waals surface area (Å²) in [4.78, 5) is 17.2. The number of fused-ring (bicyclic) bond motifs is 1. The number of carbonyl (C=O) groups is 1. The normalized spacial score (nSPS) is 24.2. The summed E-state index contributed by atoms with van der Waals surface area (Å²) in [5.41, 5.74) is 1.05. The molecule has 0 aliphatic carbocycles. The summed E-state index contributed by atoms with van der Waals surface area (Å²) in [6.07, 6.45) is 7.02. The van der Waals surface area contributed by atoms with Gasteiger partial charge in [-0.3, -0.25) is 4.79 Å². The fraction of sp³-hybridized carbons (Fsp3) is 0.650. The van der Waals surface area contributed by atoms with Crippen LogP contribution in [0.25, 0.3) is 0 Å². The van der Waals surface area contributed by atoms with Gasteiger partial charge in [0.05, 0.1) is 13.5 Å². The predicted octanol–water partition coefficient (Wildman–Crippen LogP) is 2.96. The van der Waals surface area contributed by atoms with Gasteiger partial charge in [-0.1, -0.05) is 18.6 Å². The lowest BCUT2D eigenvalue weighted by Crippen LogP contribution is -2.51. The second kappa shape index (κ2) is 8.02. The highest BCUT2D eigenvalue weighted by molar-refractivity contribution is 5.78. The van der Waals surface area contributed by atoms with Crippen molar-refractivity contribution in [2.75, 3.05) is 33.8 Å². The lowest BCUT2D eigenvalue weighted by atomic mass is 9.83. The molecule has 0 N–H and O–H groups in total. The van der Waals surface area contributed by atoms with Crippen LogP contribution in [-0.4, -0.2) is 55.5 Å². The van der Waals surface area contributed by atoms with Crippen molar-refractivity contribution < 1.29 is 9.53 Å². The number of methoxy groups -OCH3 is 1. The molecule has 0 unspecified atom stereocenters. The van der Waals surface area contributed by atoms with Crippen LogP contribution in [0.3, 0.4) is 0 Å². The average molecular weight is 330 g/mol. The Labute approximate surface area is 145 Å². The van der Waals surface area contributed by atoms with Crippen molar-refractivity contribution in [2.45, 2.75) is 44.6 Å². The summed E-state index contributed by atoms with van der Waals surface area (Å²) in [5, 5.41) is 0. The van der Waals surface area contributed by atoms with E-state index >= 15 is 0 Å². The van der Waals surface area contributed by atoms with E-state index in [9.17, 15) is 4.79 Å². The Morgan fingerprint density at radius 1 is 1.17 bits per heavy atom.